The summed E-state index contributed by atoms with van der Waals surface area (Å²) in [7, 11) is -3.00. The number of nitrogens with zero attached hydrogens (tertiary/aromatic N) is 4. The number of imidazole rings is 1. The van der Waals surface area contributed by atoms with Gasteiger partial charge in [-0.05, 0) is 37.1 Å². The van der Waals surface area contributed by atoms with Gasteiger partial charge in [-0.1, -0.05) is 12.1 Å². The Balaban J connectivity index is 1.67. The van der Waals surface area contributed by atoms with E-state index in [-0.39, 0.29) is 17.3 Å². The Labute approximate surface area is 163 Å². The van der Waals surface area contributed by atoms with E-state index in [1.165, 1.54) is 28.9 Å². The molecule has 1 aromatic carbocycles. The van der Waals surface area contributed by atoms with Crippen molar-refractivity contribution in [1.82, 2.24) is 14.6 Å². The molecule has 7 nitrogen and oxygen atoms in total. The molecule has 152 valence electrons. The molecule has 29 heavy (non-hydrogen) atoms. The Kier molecular flexibility index (Phi) is 4.77. The van der Waals surface area contributed by atoms with E-state index in [9.17, 15) is 21.6 Å². The topological polar surface area (TPSA) is 85.9 Å². The van der Waals surface area contributed by atoms with Gasteiger partial charge >= 0.3 is 6.36 Å². The molecule has 1 aliphatic rings. The van der Waals surface area contributed by atoms with Crippen molar-refractivity contribution in [3.8, 4) is 17.0 Å². The van der Waals surface area contributed by atoms with E-state index in [2.05, 4.69) is 19.8 Å². The van der Waals surface area contributed by atoms with Gasteiger partial charge in [-0.25, -0.2) is 22.9 Å². The lowest BCUT2D eigenvalue weighted by Gasteiger charge is -2.13. The number of fused-ring (bicyclic) bond motifs is 1. The lowest BCUT2D eigenvalue weighted by atomic mass is 10.1. The van der Waals surface area contributed by atoms with Gasteiger partial charge in [0, 0.05) is 11.3 Å². The van der Waals surface area contributed by atoms with Gasteiger partial charge in [-0.2, -0.15) is 0 Å². The van der Waals surface area contributed by atoms with E-state index in [0.29, 0.717) is 35.6 Å². The minimum Gasteiger partial charge on any atom is -0.406 e. The highest BCUT2D eigenvalue weighted by molar-refractivity contribution is 7.91. The van der Waals surface area contributed by atoms with Gasteiger partial charge in [0.15, 0.2) is 21.3 Å². The lowest BCUT2D eigenvalue weighted by Crippen LogP contribution is -2.23. The van der Waals surface area contributed by atoms with Gasteiger partial charge in [0.25, 0.3) is 0 Å². The van der Waals surface area contributed by atoms with Crippen molar-refractivity contribution >= 4 is 27.0 Å². The maximum Gasteiger partial charge on any atom is 0.573 e. The average Bonchev–Trinajstić information content (AvgIpc) is 3.05. The van der Waals surface area contributed by atoms with E-state index in [1.54, 1.807) is 18.2 Å². The number of ether oxygens (including phenoxy) is 1. The van der Waals surface area contributed by atoms with Crippen LogP contribution in [0, 0.1) is 0 Å². The number of sulfone groups is 1. The number of benzene rings is 1. The molecule has 0 atom stereocenters. The molecule has 2 aromatic heterocycles. The van der Waals surface area contributed by atoms with Crippen molar-refractivity contribution in [3.63, 3.8) is 0 Å². The highest BCUT2D eigenvalue weighted by atomic mass is 32.2. The molecule has 1 saturated heterocycles. The summed E-state index contributed by atoms with van der Waals surface area (Å²) in [4.78, 5) is 8.65. The SMILES string of the molecule is O=S1(=O)CCC(=Nc2ccc3ncc(-c4cccc(OC(F)(F)F)c4)n3n2)CC1. The van der Waals surface area contributed by atoms with Crippen molar-refractivity contribution in [3.05, 3.63) is 42.6 Å². The molecule has 0 spiro atoms. The fourth-order valence-electron chi connectivity index (χ4n) is 3.02. The third-order valence-corrected chi connectivity index (χ3v) is 6.04. The quantitative estimate of drug-likeness (QED) is 0.642. The van der Waals surface area contributed by atoms with Gasteiger partial charge < -0.3 is 4.74 Å². The Bertz CT molecular complexity index is 1190. The van der Waals surface area contributed by atoms with Crippen LogP contribution in [0.15, 0.2) is 47.6 Å². The largest absolute Gasteiger partial charge is 0.573 e. The zero-order chi connectivity index (χ0) is 20.6. The van der Waals surface area contributed by atoms with Crippen LogP contribution in [0.4, 0.5) is 19.0 Å². The van der Waals surface area contributed by atoms with Gasteiger partial charge in [0.2, 0.25) is 0 Å². The molecular weight excluding hydrogens is 409 g/mol. The monoisotopic (exact) mass is 424 g/mol. The molecule has 3 heterocycles. The lowest BCUT2D eigenvalue weighted by molar-refractivity contribution is -0.274. The first-order chi connectivity index (χ1) is 13.7. The second-order valence-corrected chi connectivity index (χ2v) is 8.81. The molecule has 0 amide bonds. The molecule has 0 saturated carbocycles. The smallest absolute Gasteiger partial charge is 0.406 e. The van der Waals surface area contributed by atoms with E-state index in [4.69, 9.17) is 0 Å². The molecule has 0 aliphatic carbocycles. The molecule has 0 bridgehead atoms. The van der Waals surface area contributed by atoms with Crippen molar-refractivity contribution in [2.45, 2.75) is 19.2 Å². The molecule has 4 rings (SSSR count). The summed E-state index contributed by atoms with van der Waals surface area (Å²) in [6.07, 6.45) is -2.57. The number of aliphatic imine (C=N–C) groups is 1. The van der Waals surface area contributed by atoms with E-state index < -0.39 is 16.2 Å². The fourth-order valence-corrected chi connectivity index (χ4v) is 4.32. The Morgan fingerprint density at radius 2 is 1.86 bits per heavy atom. The van der Waals surface area contributed by atoms with Crippen molar-refractivity contribution in [1.29, 1.82) is 0 Å². The van der Waals surface area contributed by atoms with Gasteiger partial charge in [0.1, 0.15) is 5.75 Å². The molecule has 1 fully saturated rings. The Morgan fingerprint density at radius 3 is 2.59 bits per heavy atom. The number of hydrogen-bond donors (Lipinski definition) is 0. The van der Waals surface area contributed by atoms with Crippen LogP contribution in [0.25, 0.3) is 16.9 Å². The number of alkyl halides is 3. The summed E-state index contributed by atoms with van der Waals surface area (Å²) in [6, 6.07) is 8.88. The summed E-state index contributed by atoms with van der Waals surface area (Å²) in [6.45, 7) is 0. The Morgan fingerprint density at radius 1 is 1.10 bits per heavy atom. The summed E-state index contributed by atoms with van der Waals surface area (Å²) >= 11 is 0. The van der Waals surface area contributed by atoms with Crippen LogP contribution in [0.3, 0.4) is 0 Å². The molecule has 0 N–H and O–H groups in total. The first-order valence-electron chi connectivity index (χ1n) is 8.66. The molecule has 1 aliphatic heterocycles. The number of rotatable bonds is 3. The van der Waals surface area contributed by atoms with Crippen molar-refractivity contribution < 1.29 is 26.3 Å². The maximum absolute atomic E-state index is 12.5. The van der Waals surface area contributed by atoms with Crippen LogP contribution >= 0.6 is 0 Å². The number of hydrogen-bond acceptors (Lipinski definition) is 6. The summed E-state index contributed by atoms with van der Waals surface area (Å²) in [5.74, 6) is 0.158. The third-order valence-electron chi connectivity index (χ3n) is 4.39. The van der Waals surface area contributed by atoms with Crippen LogP contribution in [-0.4, -0.2) is 46.6 Å². The third kappa shape index (κ3) is 4.56. The van der Waals surface area contributed by atoms with Crippen LogP contribution in [0.5, 0.6) is 5.75 Å². The highest BCUT2D eigenvalue weighted by Gasteiger charge is 2.31. The van der Waals surface area contributed by atoms with Crippen LogP contribution in [-0.2, 0) is 9.84 Å². The van der Waals surface area contributed by atoms with Crippen LogP contribution < -0.4 is 4.74 Å². The molecule has 3 aromatic rings. The normalized spacial score (nSPS) is 16.7. The molecular formula is C18H15F3N4O3S. The van der Waals surface area contributed by atoms with Gasteiger partial charge in [0.05, 0.1) is 23.4 Å². The molecule has 0 radical (unpaired) electrons. The van der Waals surface area contributed by atoms with Crippen molar-refractivity contribution in [2.24, 2.45) is 4.99 Å². The fraction of sp³-hybridized carbons (Fsp3) is 0.278. The molecule has 0 unspecified atom stereocenters. The average molecular weight is 424 g/mol. The first-order valence-corrected chi connectivity index (χ1v) is 10.5. The summed E-state index contributed by atoms with van der Waals surface area (Å²) in [5.41, 5.74) is 2.16. The summed E-state index contributed by atoms with van der Waals surface area (Å²) < 4.78 is 66.0. The predicted molar refractivity (Wildman–Crippen MR) is 100 cm³/mol. The maximum atomic E-state index is 12.5. The second kappa shape index (κ2) is 7.14. The standard InChI is InChI=1S/C18H15F3N4O3S/c19-18(20,21)28-14-3-1-2-12(10-14)15-11-22-17-5-4-16(24-25(15)17)23-13-6-8-29(26,27)9-7-13/h1-5,10-11H,6-9H2. The van der Waals surface area contributed by atoms with E-state index >= 15 is 0 Å². The molecule has 11 heteroatoms. The highest BCUT2D eigenvalue weighted by Crippen LogP contribution is 2.28. The first kappa shape index (κ1) is 19.4. The number of halogens is 3. The van der Waals surface area contributed by atoms with Crippen LogP contribution in [0.1, 0.15) is 12.8 Å². The number of aromatic nitrogens is 3. The minimum absolute atomic E-state index is 0.0659. The summed E-state index contributed by atoms with van der Waals surface area (Å²) in [5, 5.41) is 4.40. The second-order valence-electron chi connectivity index (χ2n) is 6.51. The zero-order valence-electron chi connectivity index (χ0n) is 14.9. The zero-order valence-corrected chi connectivity index (χ0v) is 15.7. The Hall–Kier alpha value is -2.95. The van der Waals surface area contributed by atoms with Gasteiger partial charge in [-0.15, -0.1) is 18.3 Å². The van der Waals surface area contributed by atoms with Crippen LogP contribution in [0.2, 0.25) is 0 Å². The van der Waals surface area contributed by atoms with E-state index in [1.807, 2.05) is 0 Å². The van der Waals surface area contributed by atoms with E-state index in [0.717, 1.165) is 5.71 Å². The van der Waals surface area contributed by atoms with Crippen molar-refractivity contribution in [2.75, 3.05) is 11.5 Å². The predicted octanol–water partition coefficient (Wildman–Crippen LogP) is 3.58. The van der Waals surface area contributed by atoms with Gasteiger partial charge in [-0.3, -0.25) is 0 Å². The minimum atomic E-state index is -4.78.